The molecule has 1 aliphatic carbocycles. The van der Waals surface area contributed by atoms with Crippen LogP contribution in [0.2, 0.25) is 0 Å². The van der Waals surface area contributed by atoms with Gasteiger partial charge in [0, 0.05) is 31.6 Å². The maximum Gasteiger partial charge on any atom is 0.317 e. The summed E-state index contributed by atoms with van der Waals surface area (Å²) in [5.74, 6) is 0.466. The van der Waals surface area contributed by atoms with Crippen LogP contribution in [0.25, 0.3) is 0 Å². The Labute approximate surface area is 127 Å². The lowest BCUT2D eigenvalue weighted by Gasteiger charge is -2.33. The van der Waals surface area contributed by atoms with E-state index in [9.17, 15) is 9.59 Å². The summed E-state index contributed by atoms with van der Waals surface area (Å²) < 4.78 is 0. The molecule has 2 N–H and O–H groups in total. The molecule has 2 rings (SSSR count). The Morgan fingerprint density at radius 1 is 1.05 bits per heavy atom. The van der Waals surface area contributed by atoms with Crippen molar-refractivity contribution in [2.45, 2.75) is 64.3 Å². The molecule has 5 heteroatoms. The lowest BCUT2D eigenvalue weighted by molar-refractivity contribution is -0.126. The van der Waals surface area contributed by atoms with Gasteiger partial charge >= 0.3 is 6.03 Å². The molecule has 0 aromatic carbocycles. The maximum absolute atomic E-state index is 12.2. The first-order valence-corrected chi connectivity index (χ1v) is 8.54. The number of carbonyl (C=O) groups excluding carboxylic acids is 2. The van der Waals surface area contributed by atoms with Gasteiger partial charge in [-0.2, -0.15) is 0 Å². The molecule has 5 nitrogen and oxygen atoms in total. The van der Waals surface area contributed by atoms with E-state index in [1.54, 1.807) is 0 Å². The van der Waals surface area contributed by atoms with E-state index in [2.05, 4.69) is 10.6 Å². The molecule has 0 unspecified atom stereocenters. The molecule has 120 valence electrons. The van der Waals surface area contributed by atoms with Crippen molar-refractivity contribution in [2.24, 2.45) is 5.92 Å². The molecule has 0 aromatic heterocycles. The van der Waals surface area contributed by atoms with Crippen molar-refractivity contribution in [1.29, 1.82) is 0 Å². The van der Waals surface area contributed by atoms with Crippen molar-refractivity contribution in [3.05, 3.63) is 0 Å². The van der Waals surface area contributed by atoms with Gasteiger partial charge in [0.15, 0.2) is 0 Å². The molecule has 2 aliphatic rings. The summed E-state index contributed by atoms with van der Waals surface area (Å²) in [6.45, 7) is 4.26. The van der Waals surface area contributed by atoms with Crippen molar-refractivity contribution >= 4 is 11.9 Å². The molecule has 2 fully saturated rings. The zero-order chi connectivity index (χ0) is 15.1. The summed E-state index contributed by atoms with van der Waals surface area (Å²) in [6.07, 6.45) is 8.45. The minimum absolute atomic E-state index is 0.0360. The number of hydrogen-bond acceptors (Lipinski definition) is 2. The van der Waals surface area contributed by atoms with Gasteiger partial charge in [-0.3, -0.25) is 4.79 Å². The number of amides is 3. The number of rotatable bonds is 4. The van der Waals surface area contributed by atoms with Crippen molar-refractivity contribution in [1.82, 2.24) is 15.5 Å². The first-order chi connectivity index (χ1) is 10.2. The second-order valence-electron chi connectivity index (χ2n) is 6.34. The van der Waals surface area contributed by atoms with Crippen LogP contribution in [0, 0.1) is 5.92 Å². The Balaban J connectivity index is 1.68. The van der Waals surface area contributed by atoms with Crippen LogP contribution < -0.4 is 10.6 Å². The van der Waals surface area contributed by atoms with Gasteiger partial charge in [-0.25, -0.2) is 4.79 Å². The summed E-state index contributed by atoms with van der Waals surface area (Å²) in [6, 6.07) is 0.281. The summed E-state index contributed by atoms with van der Waals surface area (Å²) >= 11 is 0. The molecule has 1 saturated carbocycles. The number of urea groups is 1. The Hall–Kier alpha value is -1.26. The Kier molecular flexibility index (Phi) is 6.33. The highest BCUT2D eigenvalue weighted by atomic mass is 16.2. The van der Waals surface area contributed by atoms with Gasteiger partial charge in [-0.15, -0.1) is 0 Å². The second-order valence-corrected chi connectivity index (χ2v) is 6.34. The Morgan fingerprint density at radius 3 is 2.33 bits per heavy atom. The van der Waals surface area contributed by atoms with E-state index < -0.39 is 0 Å². The van der Waals surface area contributed by atoms with Crippen LogP contribution in [0.5, 0.6) is 0 Å². The predicted octanol–water partition coefficient (Wildman–Crippen LogP) is 2.27. The topological polar surface area (TPSA) is 61.4 Å². The molecule has 0 bridgehead atoms. The van der Waals surface area contributed by atoms with Crippen LogP contribution in [0.15, 0.2) is 0 Å². The van der Waals surface area contributed by atoms with Gasteiger partial charge in [0.25, 0.3) is 0 Å². The van der Waals surface area contributed by atoms with Gasteiger partial charge in [-0.1, -0.05) is 26.2 Å². The molecule has 0 spiro atoms. The standard InChI is InChI=1S/C16H29N3O2/c1-2-10-17-16(21)19-11-8-14(9-12-19)18-15(20)13-6-4-3-5-7-13/h13-14H,2-12H2,1H3,(H,17,21)(H,18,20). The average Bonchev–Trinajstić information content (AvgIpc) is 2.54. The Bertz CT molecular complexity index is 345. The van der Waals surface area contributed by atoms with E-state index in [0.29, 0.717) is 0 Å². The Morgan fingerprint density at radius 2 is 1.71 bits per heavy atom. The molecule has 0 radical (unpaired) electrons. The van der Waals surface area contributed by atoms with Gasteiger partial charge in [0.2, 0.25) is 5.91 Å². The third kappa shape index (κ3) is 4.90. The number of hydrogen-bond donors (Lipinski definition) is 2. The highest BCUT2D eigenvalue weighted by Crippen LogP contribution is 2.24. The maximum atomic E-state index is 12.2. The highest BCUT2D eigenvalue weighted by molar-refractivity contribution is 5.79. The van der Waals surface area contributed by atoms with Crippen molar-refractivity contribution < 1.29 is 9.59 Å². The summed E-state index contributed by atoms with van der Waals surface area (Å²) in [7, 11) is 0. The molecule has 1 saturated heterocycles. The molecule has 3 amide bonds. The lowest BCUT2D eigenvalue weighted by atomic mass is 9.88. The third-order valence-corrected chi connectivity index (χ3v) is 4.63. The largest absolute Gasteiger partial charge is 0.353 e. The fourth-order valence-corrected chi connectivity index (χ4v) is 3.25. The van der Waals surface area contributed by atoms with Crippen LogP contribution in [-0.4, -0.2) is 42.5 Å². The number of piperidine rings is 1. The van der Waals surface area contributed by atoms with E-state index in [1.165, 1.54) is 19.3 Å². The zero-order valence-corrected chi connectivity index (χ0v) is 13.2. The molecule has 1 aliphatic heterocycles. The van der Waals surface area contributed by atoms with E-state index in [-0.39, 0.29) is 23.9 Å². The van der Waals surface area contributed by atoms with Crippen LogP contribution in [0.4, 0.5) is 4.79 Å². The quantitative estimate of drug-likeness (QED) is 0.836. The van der Waals surface area contributed by atoms with Crippen LogP contribution >= 0.6 is 0 Å². The normalized spacial score (nSPS) is 21.1. The molecular formula is C16H29N3O2. The molecule has 0 atom stereocenters. The average molecular weight is 295 g/mol. The number of likely N-dealkylation sites (tertiary alicyclic amines) is 1. The van der Waals surface area contributed by atoms with E-state index in [0.717, 1.165) is 51.7 Å². The van der Waals surface area contributed by atoms with Gasteiger partial charge in [0.1, 0.15) is 0 Å². The first-order valence-electron chi connectivity index (χ1n) is 8.54. The van der Waals surface area contributed by atoms with E-state index >= 15 is 0 Å². The second kappa shape index (κ2) is 8.25. The van der Waals surface area contributed by atoms with Crippen molar-refractivity contribution in [3.8, 4) is 0 Å². The highest BCUT2D eigenvalue weighted by Gasteiger charge is 2.27. The van der Waals surface area contributed by atoms with Crippen LogP contribution in [0.1, 0.15) is 58.3 Å². The van der Waals surface area contributed by atoms with Crippen LogP contribution in [-0.2, 0) is 4.79 Å². The van der Waals surface area contributed by atoms with Gasteiger partial charge < -0.3 is 15.5 Å². The lowest BCUT2D eigenvalue weighted by Crippen LogP contribution is -2.50. The summed E-state index contributed by atoms with van der Waals surface area (Å²) in [4.78, 5) is 25.9. The smallest absolute Gasteiger partial charge is 0.317 e. The van der Waals surface area contributed by atoms with E-state index in [1.807, 2.05) is 11.8 Å². The van der Waals surface area contributed by atoms with Gasteiger partial charge in [-0.05, 0) is 32.1 Å². The minimum Gasteiger partial charge on any atom is -0.353 e. The van der Waals surface area contributed by atoms with Crippen molar-refractivity contribution in [3.63, 3.8) is 0 Å². The van der Waals surface area contributed by atoms with Crippen molar-refractivity contribution in [2.75, 3.05) is 19.6 Å². The van der Waals surface area contributed by atoms with Crippen LogP contribution in [0.3, 0.4) is 0 Å². The number of nitrogens with one attached hydrogen (secondary N) is 2. The summed E-state index contributed by atoms with van der Waals surface area (Å²) in [5.41, 5.74) is 0. The summed E-state index contributed by atoms with van der Waals surface area (Å²) in [5, 5.41) is 6.10. The predicted molar refractivity (Wildman–Crippen MR) is 83.0 cm³/mol. The molecule has 21 heavy (non-hydrogen) atoms. The number of carbonyl (C=O) groups is 2. The number of nitrogens with zero attached hydrogens (tertiary/aromatic N) is 1. The fraction of sp³-hybridized carbons (Fsp3) is 0.875. The fourth-order valence-electron chi connectivity index (χ4n) is 3.25. The molecule has 0 aromatic rings. The van der Waals surface area contributed by atoms with E-state index in [4.69, 9.17) is 0 Å². The van der Waals surface area contributed by atoms with Gasteiger partial charge in [0.05, 0.1) is 0 Å². The molecule has 1 heterocycles. The zero-order valence-electron chi connectivity index (χ0n) is 13.2. The SMILES string of the molecule is CCCNC(=O)N1CCC(NC(=O)C2CCCCC2)CC1. The molecular weight excluding hydrogens is 266 g/mol. The third-order valence-electron chi connectivity index (χ3n) is 4.63. The monoisotopic (exact) mass is 295 g/mol. The first kappa shape index (κ1) is 16.1. The minimum atomic E-state index is 0.0360.